The van der Waals surface area contributed by atoms with E-state index < -0.39 is 0 Å². The molecule has 2 rings (SSSR count). The van der Waals surface area contributed by atoms with Gasteiger partial charge in [-0.05, 0) is 50.1 Å². The maximum atomic E-state index is 6.32. The quantitative estimate of drug-likeness (QED) is 0.908. The van der Waals surface area contributed by atoms with Crippen LogP contribution in [0.3, 0.4) is 0 Å². The Kier molecular flexibility index (Phi) is 4.04. The van der Waals surface area contributed by atoms with Crippen LogP contribution in [0.25, 0.3) is 0 Å². The summed E-state index contributed by atoms with van der Waals surface area (Å²) in [6.45, 7) is 6.92. The minimum absolute atomic E-state index is 0.0668. The van der Waals surface area contributed by atoms with Crippen molar-refractivity contribution in [3.63, 3.8) is 0 Å². The van der Waals surface area contributed by atoms with Crippen molar-refractivity contribution < 1.29 is 4.74 Å². The van der Waals surface area contributed by atoms with E-state index in [1.54, 1.807) is 11.3 Å². The molecular formula is C15H19NOS. The molecule has 0 spiro atoms. The number of rotatable bonds is 4. The fourth-order valence-corrected chi connectivity index (χ4v) is 2.96. The number of thiophene rings is 1. The molecular weight excluding hydrogens is 242 g/mol. The number of hydrogen-bond donors (Lipinski definition) is 1. The lowest BCUT2D eigenvalue weighted by Crippen LogP contribution is -2.10. The molecule has 2 aromatic rings. The molecule has 1 aromatic heterocycles. The normalized spacial score (nSPS) is 12.4. The third-order valence-corrected chi connectivity index (χ3v) is 4.26. The van der Waals surface area contributed by atoms with E-state index in [9.17, 15) is 0 Å². The zero-order valence-corrected chi connectivity index (χ0v) is 11.9. The number of hydrogen-bond acceptors (Lipinski definition) is 3. The zero-order valence-electron chi connectivity index (χ0n) is 11.1. The predicted octanol–water partition coefficient (Wildman–Crippen LogP) is 3.81. The highest BCUT2D eigenvalue weighted by atomic mass is 32.1. The van der Waals surface area contributed by atoms with Gasteiger partial charge in [0, 0.05) is 9.75 Å². The summed E-state index contributed by atoms with van der Waals surface area (Å²) in [5, 5.41) is 0. The second kappa shape index (κ2) is 5.55. The Morgan fingerprint density at radius 3 is 2.67 bits per heavy atom. The summed E-state index contributed by atoms with van der Waals surface area (Å²) in [7, 11) is 0. The summed E-state index contributed by atoms with van der Waals surface area (Å²) in [5.41, 5.74) is 8.73. The summed E-state index contributed by atoms with van der Waals surface area (Å²) >= 11 is 1.77. The van der Waals surface area contributed by atoms with Gasteiger partial charge in [-0.15, -0.1) is 11.3 Å². The maximum Gasteiger partial charge on any atom is 0.119 e. The Labute approximate surface area is 112 Å². The second-order valence-electron chi connectivity index (χ2n) is 4.37. The van der Waals surface area contributed by atoms with Crippen LogP contribution in [0.1, 0.15) is 33.8 Å². The molecule has 0 fully saturated rings. The van der Waals surface area contributed by atoms with Crippen molar-refractivity contribution in [1.82, 2.24) is 0 Å². The second-order valence-corrected chi connectivity index (χ2v) is 5.66. The SMILES string of the molecule is CCOc1cccc(C(N)c2cc(C)c(C)s2)c1. The molecule has 96 valence electrons. The van der Waals surface area contributed by atoms with Crippen molar-refractivity contribution in [1.29, 1.82) is 0 Å². The number of ether oxygens (including phenoxy) is 1. The molecule has 1 aromatic carbocycles. The molecule has 1 heterocycles. The van der Waals surface area contributed by atoms with Crippen molar-refractivity contribution in [2.45, 2.75) is 26.8 Å². The highest BCUT2D eigenvalue weighted by Gasteiger charge is 2.13. The lowest BCUT2D eigenvalue weighted by molar-refractivity contribution is 0.340. The molecule has 18 heavy (non-hydrogen) atoms. The Hall–Kier alpha value is -1.32. The smallest absolute Gasteiger partial charge is 0.119 e. The lowest BCUT2D eigenvalue weighted by Gasteiger charge is -2.11. The van der Waals surface area contributed by atoms with Crippen molar-refractivity contribution in [3.8, 4) is 5.75 Å². The first-order valence-corrected chi connectivity index (χ1v) is 6.98. The Morgan fingerprint density at radius 1 is 1.28 bits per heavy atom. The van der Waals surface area contributed by atoms with E-state index >= 15 is 0 Å². The van der Waals surface area contributed by atoms with Gasteiger partial charge in [0.25, 0.3) is 0 Å². The fourth-order valence-electron chi connectivity index (χ4n) is 1.88. The van der Waals surface area contributed by atoms with E-state index in [1.165, 1.54) is 15.3 Å². The van der Waals surface area contributed by atoms with Gasteiger partial charge in [0.15, 0.2) is 0 Å². The third-order valence-electron chi connectivity index (χ3n) is 3.02. The van der Waals surface area contributed by atoms with Gasteiger partial charge in [0.05, 0.1) is 12.6 Å². The molecule has 0 saturated heterocycles. The molecule has 0 aliphatic heterocycles. The van der Waals surface area contributed by atoms with E-state index in [0.29, 0.717) is 6.61 Å². The average molecular weight is 261 g/mol. The molecule has 1 unspecified atom stereocenters. The summed E-state index contributed by atoms with van der Waals surface area (Å²) in [6.07, 6.45) is 0. The van der Waals surface area contributed by atoms with E-state index in [0.717, 1.165) is 11.3 Å². The lowest BCUT2D eigenvalue weighted by atomic mass is 10.1. The summed E-state index contributed by atoms with van der Waals surface area (Å²) in [5.74, 6) is 0.885. The standard InChI is InChI=1S/C15H19NOS/c1-4-17-13-7-5-6-12(9-13)15(16)14-8-10(2)11(3)18-14/h5-9,15H,4,16H2,1-3H3. The van der Waals surface area contributed by atoms with Crippen molar-refractivity contribution in [3.05, 3.63) is 51.2 Å². The van der Waals surface area contributed by atoms with Crippen LogP contribution in [0, 0.1) is 13.8 Å². The van der Waals surface area contributed by atoms with Gasteiger partial charge < -0.3 is 10.5 Å². The minimum Gasteiger partial charge on any atom is -0.494 e. The molecule has 0 aliphatic rings. The molecule has 0 saturated carbocycles. The first-order chi connectivity index (χ1) is 8.61. The van der Waals surface area contributed by atoms with Gasteiger partial charge in [-0.2, -0.15) is 0 Å². The molecule has 1 atom stereocenters. The van der Waals surface area contributed by atoms with E-state index in [2.05, 4.69) is 26.0 Å². The van der Waals surface area contributed by atoms with Crippen LogP contribution in [-0.4, -0.2) is 6.61 Å². The van der Waals surface area contributed by atoms with Crippen LogP contribution in [0.2, 0.25) is 0 Å². The summed E-state index contributed by atoms with van der Waals surface area (Å²) < 4.78 is 5.51. The molecule has 0 amide bonds. The number of nitrogens with two attached hydrogens (primary N) is 1. The minimum atomic E-state index is -0.0668. The molecule has 0 aliphatic carbocycles. The monoisotopic (exact) mass is 261 g/mol. The number of aryl methyl sites for hydroxylation is 2. The van der Waals surface area contributed by atoms with Gasteiger partial charge in [-0.25, -0.2) is 0 Å². The van der Waals surface area contributed by atoms with Crippen LogP contribution in [-0.2, 0) is 0 Å². The maximum absolute atomic E-state index is 6.32. The van der Waals surface area contributed by atoms with E-state index in [-0.39, 0.29) is 6.04 Å². The average Bonchev–Trinajstić information content (AvgIpc) is 2.69. The first-order valence-electron chi connectivity index (χ1n) is 6.17. The van der Waals surface area contributed by atoms with Gasteiger partial charge in [0.2, 0.25) is 0 Å². The summed E-state index contributed by atoms with van der Waals surface area (Å²) in [6, 6.07) is 10.1. The van der Waals surface area contributed by atoms with Gasteiger partial charge in [-0.1, -0.05) is 12.1 Å². The Bertz CT molecular complexity index is 514. The highest BCUT2D eigenvalue weighted by molar-refractivity contribution is 7.12. The largest absolute Gasteiger partial charge is 0.494 e. The summed E-state index contributed by atoms with van der Waals surface area (Å²) in [4.78, 5) is 2.54. The molecule has 0 bridgehead atoms. The van der Waals surface area contributed by atoms with Crippen LogP contribution < -0.4 is 10.5 Å². The van der Waals surface area contributed by atoms with Gasteiger partial charge in [0.1, 0.15) is 5.75 Å². The Balaban J connectivity index is 2.27. The first kappa shape index (κ1) is 13.1. The number of benzene rings is 1. The predicted molar refractivity (Wildman–Crippen MR) is 77.4 cm³/mol. The van der Waals surface area contributed by atoms with Crippen molar-refractivity contribution in [2.24, 2.45) is 5.73 Å². The van der Waals surface area contributed by atoms with E-state index in [1.807, 2.05) is 25.1 Å². The third kappa shape index (κ3) is 2.74. The molecule has 0 radical (unpaired) electrons. The fraction of sp³-hybridized carbons (Fsp3) is 0.333. The van der Waals surface area contributed by atoms with Crippen LogP contribution >= 0.6 is 11.3 Å². The molecule has 2 N–H and O–H groups in total. The van der Waals surface area contributed by atoms with E-state index in [4.69, 9.17) is 10.5 Å². The van der Waals surface area contributed by atoms with Crippen LogP contribution in [0.15, 0.2) is 30.3 Å². The highest BCUT2D eigenvalue weighted by Crippen LogP contribution is 2.30. The Morgan fingerprint density at radius 2 is 2.06 bits per heavy atom. The zero-order chi connectivity index (χ0) is 13.1. The van der Waals surface area contributed by atoms with Gasteiger partial charge >= 0.3 is 0 Å². The van der Waals surface area contributed by atoms with Crippen molar-refractivity contribution in [2.75, 3.05) is 6.61 Å². The van der Waals surface area contributed by atoms with Crippen molar-refractivity contribution >= 4 is 11.3 Å². The topological polar surface area (TPSA) is 35.2 Å². The molecule has 3 heteroatoms. The van der Waals surface area contributed by atoms with Crippen LogP contribution in [0.4, 0.5) is 0 Å². The van der Waals surface area contributed by atoms with Gasteiger partial charge in [-0.3, -0.25) is 0 Å². The molecule has 2 nitrogen and oxygen atoms in total. The van der Waals surface area contributed by atoms with Crippen LogP contribution in [0.5, 0.6) is 5.75 Å².